The van der Waals surface area contributed by atoms with E-state index in [0.29, 0.717) is 5.95 Å². The molecule has 1 aliphatic rings. The Morgan fingerprint density at radius 1 is 1.10 bits per heavy atom. The summed E-state index contributed by atoms with van der Waals surface area (Å²) in [4.78, 5) is 20.7. The van der Waals surface area contributed by atoms with E-state index in [-0.39, 0.29) is 17.8 Å². The third kappa shape index (κ3) is 5.97. The number of rotatable bonds is 5. The number of hydrogen-bond donors (Lipinski definition) is 4. The Hall–Kier alpha value is -3.04. The fourth-order valence-electron chi connectivity index (χ4n) is 3.26. The number of aromatic nitrogens is 2. The molecule has 29 heavy (non-hydrogen) atoms. The lowest BCUT2D eigenvalue weighted by Gasteiger charge is -2.29. The maximum atomic E-state index is 12.8. The van der Waals surface area contributed by atoms with Gasteiger partial charge in [0.15, 0.2) is 0 Å². The Morgan fingerprint density at radius 2 is 1.83 bits per heavy atom. The van der Waals surface area contributed by atoms with Crippen LogP contribution in [0.25, 0.3) is 0 Å². The van der Waals surface area contributed by atoms with Gasteiger partial charge >= 0.3 is 12.2 Å². The quantitative estimate of drug-likeness (QED) is 0.599. The molecule has 156 valence electrons. The van der Waals surface area contributed by atoms with E-state index in [1.165, 1.54) is 12.1 Å². The maximum Gasteiger partial charge on any atom is 0.416 e. The largest absolute Gasteiger partial charge is 0.416 e. The van der Waals surface area contributed by atoms with Crippen LogP contribution in [0.15, 0.2) is 36.5 Å². The van der Waals surface area contributed by atoms with E-state index in [0.717, 1.165) is 43.6 Å². The Balaban J connectivity index is 1.46. The van der Waals surface area contributed by atoms with Crippen molar-refractivity contribution in [2.24, 2.45) is 0 Å². The molecule has 10 heteroatoms. The average molecular weight is 408 g/mol. The van der Waals surface area contributed by atoms with E-state index < -0.39 is 17.8 Å². The van der Waals surface area contributed by atoms with E-state index in [4.69, 9.17) is 0 Å². The van der Waals surface area contributed by atoms with Crippen LogP contribution >= 0.6 is 0 Å². The number of nitrogens with one attached hydrogen (secondary N) is 4. The summed E-state index contributed by atoms with van der Waals surface area (Å²) in [5.41, 5.74) is -0.694. The molecular formula is C19H23F3N6O. The van der Waals surface area contributed by atoms with Crippen LogP contribution in [0.5, 0.6) is 0 Å². The molecule has 1 heterocycles. The summed E-state index contributed by atoms with van der Waals surface area (Å²) in [5.74, 6) is 1.28. The molecule has 0 radical (unpaired) electrons. The number of nitrogens with zero attached hydrogens (tertiary/aromatic N) is 2. The molecule has 0 unspecified atom stereocenters. The maximum absolute atomic E-state index is 12.8. The Kier molecular flexibility index (Phi) is 6.40. The molecule has 1 aromatic carbocycles. The van der Waals surface area contributed by atoms with Gasteiger partial charge in [0.2, 0.25) is 5.95 Å². The molecule has 0 bridgehead atoms. The summed E-state index contributed by atoms with van der Waals surface area (Å²) in [5, 5.41) is 11.6. The summed E-state index contributed by atoms with van der Waals surface area (Å²) >= 11 is 0. The number of benzene rings is 1. The summed E-state index contributed by atoms with van der Waals surface area (Å²) in [6, 6.07) is 6.00. The Bertz CT molecular complexity index is 837. The highest BCUT2D eigenvalue weighted by Gasteiger charge is 2.30. The summed E-state index contributed by atoms with van der Waals surface area (Å²) in [6.07, 6.45) is 0.366. The third-order valence-corrected chi connectivity index (χ3v) is 4.76. The molecule has 1 fully saturated rings. The minimum absolute atomic E-state index is 0.0385. The smallest absolute Gasteiger partial charge is 0.373 e. The fraction of sp³-hybridized carbons (Fsp3) is 0.421. The average Bonchev–Trinajstić information content (AvgIpc) is 2.69. The minimum Gasteiger partial charge on any atom is -0.373 e. The van der Waals surface area contributed by atoms with Crippen molar-refractivity contribution < 1.29 is 18.0 Å². The molecular weight excluding hydrogens is 385 g/mol. The predicted molar refractivity (Wildman–Crippen MR) is 105 cm³/mol. The van der Waals surface area contributed by atoms with Gasteiger partial charge in [-0.3, -0.25) is 0 Å². The summed E-state index contributed by atoms with van der Waals surface area (Å²) < 4.78 is 38.3. The molecule has 7 nitrogen and oxygen atoms in total. The van der Waals surface area contributed by atoms with E-state index >= 15 is 0 Å². The van der Waals surface area contributed by atoms with Crippen LogP contribution in [0.3, 0.4) is 0 Å². The molecule has 0 saturated heterocycles. The molecule has 4 N–H and O–H groups in total. The lowest BCUT2D eigenvalue weighted by atomic mass is 9.91. The van der Waals surface area contributed by atoms with Gasteiger partial charge in [-0.15, -0.1) is 0 Å². The van der Waals surface area contributed by atoms with Crippen molar-refractivity contribution in [1.29, 1.82) is 0 Å². The Labute approximate surface area is 166 Å². The molecule has 1 aliphatic carbocycles. The van der Waals surface area contributed by atoms with Gasteiger partial charge < -0.3 is 21.3 Å². The zero-order chi connectivity index (χ0) is 20.9. The van der Waals surface area contributed by atoms with Gasteiger partial charge in [-0.05, 0) is 49.9 Å². The monoisotopic (exact) mass is 408 g/mol. The minimum atomic E-state index is -4.45. The number of anilines is 3. The number of urea groups is 1. The number of hydrogen-bond acceptors (Lipinski definition) is 5. The number of alkyl halides is 3. The van der Waals surface area contributed by atoms with Crippen molar-refractivity contribution in [3.63, 3.8) is 0 Å². The lowest BCUT2D eigenvalue weighted by molar-refractivity contribution is -0.137. The van der Waals surface area contributed by atoms with Gasteiger partial charge in [-0.1, -0.05) is 6.07 Å². The van der Waals surface area contributed by atoms with E-state index in [2.05, 4.69) is 31.2 Å². The number of carbonyl (C=O) groups is 1. The molecule has 0 aliphatic heterocycles. The second-order valence-corrected chi connectivity index (χ2v) is 6.89. The summed E-state index contributed by atoms with van der Waals surface area (Å²) in [7, 11) is 1.79. The molecule has 1 saturated carbocycles. The fourth-order valence-corrected chi connectivity index (χ4v) is 3.26. The first kappa shape index (κ1) is 20.7. The first-order valence-corrected chi connectivity index (χ1v) is 9.35. The second kappa shape index (κ2) is 8.97. The van der Waals surface area contributed by atoms with Crippen LogP contribution in [0.4, 0.5) is 35.4 Å². The van der Waals surface area contributed by atoms with Crippen molar-refractivity contribution in [1.82, 2.24) is 15.3 Å². The zero-order valence-electron chi connectivity index (χ0n) is 15.9. The van der Waals surface area contributed by atoms with Crippen LogP contribution in [0, 0.1) is 0 Å². The van der Waals surface area contributed by atoms with Gasteiger partial charge in [0.1, 0.15) is 5.82 Å². The highest BCUT2D eigenvalue weighted by Crippen LogP contribution is 2.30. The van der Waals surface area contributed by atoms with Gasteiger partial charge in [0.05, 0.1) is 5.56 Å². The van der Waals surface area contributed by atoms with E-state index in [1.54, 1.807) is 19.3 Å². The number of amides is 2. The standard InChI is InChI=1S/C19H23F3N6O/c1-23-16-9-10-24-17(28-16)25-13-5-7-14(8-6-13)26-18(29)27-15-4-2-3-12(11-15)19(20,21)22/h2-4,9-11,13-14H,5-8H2,1H3,(H2,26,27,29)(H2,23,24,25,28). The first-order valence-electron chi connectivity index (χ1n) is 9.35. The van der Waals surface area contributed by atoms with Crippen molar-refractivity contribution in [2.45, 2.75) is 43.9 Å². The zero-order valence-corrected chi connectivity index (χ0v) is 15.9. The molecule has 0 spiro atoms. The van der Waals surface area contributed by atoms with Crippen molar-refractivity contribution in [3.8, 4) is 0 Å². The third-order valence-electron chi connectivity index (χ3n) is 4.76. The van der Waals surface area contributed by atoms with Gasteiger partial charge in [0, 0.05) is 31.0 Å². The SMILES string of the molecule is CNc1ccnc(NC2CCC(NC(=O)Nc3cccc(C(F)(F)F)c3)CC2)n1. The molecule has 2 aromatic rings. The van der Waals surface area contributed by atoms with Crippen LogP contribution < -0.4 is 21.3 Å². The molecule has 2 amide bonds. The number of halogens is 3. The highest BCUT2D eigenvalue weighted by atomic mass is 19.4. The van der Waals surface area contributed by atoms with Crippen molar-refractivity contribution in [2.75, 3.05) is 23.0 Å². The van der Waals surface area contributed by atoms with Crippen molar-refractivity contribution in [3.05, 3.63) is 42.1 Å². The van der Waals surface area contributed by atoms with Gasteiger partial charge in [-0.2, -0.15) is 18.2 Å². The second-order valence-electron chi connectivity index (χ2n) is 6.89. The van der Waals surface area contributed by atoms with Crippen LogP contribution in [-0.2, 0) is 6.18 Å². The summed E-state index contributed by atoms with van der Waals surface area (Å²) in [6.45, 7) is 0. The topological polar surface area (TPSA) is 91.0 Å². The Morgan fingerprint density at radius 3 is 2.52 bits per heavy atom. The van der Waals surface area contributed by atoms with Gasteiger partial charge in [0.25, 0.3) is 0 Å². The molecule has 3 rings (SSSR count). The van der Waals surface area contributed by atoms with Gasteiger partial charge in [-0.25, -0.2) is 9.78 Å². The van der Waals surface area contributed by atoms with Crippen LogP contribution in [-0.4, -0.2) is 35.1 Å². The molecule has 0 atom stereocenters. The predicted octanol–water partition coefficient (Wildman–Crippen LogP) is 4.08. The molecule has 1 aromatic heterocycles. The highest BCUT2D eigenvalue weighted by molar-refractivity contribution is 5.89. The van der Waals surface area contributed by atoms with Crippen LogP contribution in [0.1, 0.15) is 31.2 Å². The van der Waals surface area contributed by atoms with E-state index in [1.807, 2.05) is 0 Å². The lowest BCUT2D eigenvalue weighted by Crippen LogP contribution is -2.42. The van der Waals surface area contributed by atoms with Crippen molar-refractivity contribution >= 4 is 23.5 Å². The van der Waals surface area contributed by atoms with Crippen LogP contribution in [0.2, 0.25) is 0 Å². The number of carbonyl (C=O) groups excluding carboxylic acids is 1. The van der Waals surface area contributed by atoms with E-state index in [9.17, 15) is 18.0 Å². The normalized spacial score (nSPS) is 19.3. The first-order chi connectivity index (χ1) is 13.8.